The molecule has 0 aliphatic carbocycles. The number of rotatable bonds is 14. The molecule has 0 aromatic rings. The molecule has 5 heteroatoms. The van der Waals surface area contributed by atoms with Crippen molar-refractivity contribution in [2.75, 3.05) is 0 Å². The van der Waals surface area contributed by atoms with E-state index in [1.165, 1.54) is 6.08 Å². The van der Waals surface area contributed by atoms with E-state index in [4.69, 9.17) is 5.11 Å². The fourth-order valence-electron chi connectivity index (χ4n) is 2.09. The van der Waals surface area contributed by atoms with E-state index in [1.807, 2.05) is 6.08 Å². The summed E-state index contributed by atoms with van der Waals surface area (Å²) in [5, 5.41) is 37.6. The van der Waals surface area contributed by atoms with Crippen LogP contribution in [0.4, 0.5) is 0 Å². The fraction of sp³-hybridized carbons (Fsp3) is 0.550. The molecule has 0 aromatic heterocycles. The van der Waals surface area contributed by atoms with Gasteiger partial charge < -0.3 is 20.4 Å². The zero-order chi connectivity index (χ0) is 18.9. The predicted molar refractivity (Wildman–Crippen MR) is 100 cm³/mol. The van der Waals surface area contributed by atoms with Crippen LogP contribution >= 0.6 is 0 Å². The molecule has 0 aliphatic rings. The zero-order valence-corrected chi connectivity index (χ0v) is 15.0. The highest BCUT2D eigenvalue weighted by Crippen LogP contribution is 2.06. The van der Waals surface area contributed by atoms with E-state index in [0.29, 0.717) is 6.42 Å². The molecule has 0 saturated heterocycles. The number of hydrogen-bond acceptors (Lipinski definition) is 4. The van der Waals surface area contributed by atoms with E-state index < -0.39 is 24.3 Å². The molecule has 0 amide bonds. The van der Waals surface area contributed by atoms with Crippen LogP contribution in [0.3, 0.4) is 0 Å². The molecule has 0 rings (SSSR count). The van der Waals surface area contributed by atoms with Gasteiger partial charge in [0.25, 0.3) is 0 Å². The molecule has 0 radical (unpaired) electrons. The Morgan fingerprint density at radius 2 is 1.44 bits per heavy atom. The zero-order valence-electron chi connectivity index (χ0n) is 15.0. The number of carbonyl (C=O) groups is 1. The Bertz CT molecular complexity index is 451. The molecule has 25 heavy (non-hydrogen) atoms. The van der Waals surface area contributed by atoms with Gasteiger partial charge >= 0.3 is 5.97 Å². The van der Waals surface area contributed by atoms with Gasteiger partial charge in [-0.05, 0) is 19.3 Å². The van der Waals surface area contributed by atoms with E-state index in [-0.39, 0.29) is 12.8 Å². The van der Waals surface area contributed by atoms with Gasteiger partial charge in [-0.3, -0.25) is 4.79 Å². The van der Waals surface area contributed by atoms with E-state index in [1.54, 1.807) is 36.5 Å². The Kier molecular flexibility index (Phi) is 14.7. The number of aliphatic carboxylic acids is 1. The second kappa shape index (κ2) is 15.8. The molecule has 0 bridgehead atoms. The molecule has 4 N–H and O–H groups in total. The van der Waals surface area contributed by atoms with Crippen molar-refractivity contribution in [2.45, 2.75) is 70.2 Å². The Labute approximate surface area is 150 Å². The van der Waals surface area contributed by atoms with Gasteiger partial charge in [0.15, 0.2) is 0 Å². The van der Waals surface area contributed by atoms with Gasteiger partial charge in [0.1, 0.15) is 0 Å². The third-order valence-electron chi connectivity index (χ3n) is 3.59. The first-order valence-corrected chi connectivity index (χ1v) is 8.91. The summed E-state index contributed by atoms with van der Waals surface area (Å²) in [6.07, 6.45) is 16.0. The molecule has 0 saturated carbocycles. The number of aliphatic hydroxyl groups is 3. The first-order valence-electron chi connectivity index (χ1n) is 8.91. The Balaban J connectivity index is 3.97. The van der Waals surface area contributed by atoms with Crippen molar-refractivity contribution in [3.8, 4) is 0 Å². The second-order valence-corrected chi connectivity index (χ2v) is 5.95. The van der Waals surface area contributed by atoms with Crippen LogP contribution < -0.4 is 0 Å². The molecule has 0 heterocycles. The van der Waals surface area contributed by atoms with Crippen molar-refractivity contribution in [2.24, 2.45) is 0 Å². The lowest BCUT2D eigenvalue weighted by molar-refractivity contribution is -0.137. The van der Waals surface area contributed by atoms with Crippen molar-refractivity contribution in [1.29, 1.82) is 0 Å². The molecular formula is C20H32O5. The maximum atomic E-state index is 10.4. The lowest BCUT2D eigenvalue weighted by atomic mass is 10.1. The van der Waals surface area contributed by atoms with Crippen molar-refractivity contribution in [1.82, 2.24) is 0 Å². The van der Waals surface area contributed by atoms with Crippen molar-refractivity contribution in [3.63, 3.8) is 0 Å². The van der Waals surface area contributed by atoms with E-state index in [9.17, 15) is 20.1 Å². The predicted octanol–water partition coefficient (Wildman–Crippen LogP) is 3.13. The Morgan fingerprint density at radius 1 is 0.840 bits per heavy atom. The van der Waals surface area contributed by atoms with Crippen molar-refractivity contribution < 1.29 is 25.2 Å². The summed E-state index contributed by atoms with van der Waals surface area (Å²) < 4.78 is 0. The standard InChI is InChI=1S/C20H32O5/c1-2-3-8-12-17(21)13-9-6-4-5-7-10-14-18(22)19(23)15-11-16-20(24)25/h4-7,9-10,13-14,17-19,21-23H,2-3,8,11-12,15-16H2,1H3,(H,24,25)/b6-4-,7-5?,13-9+,14-10?/t17-,18-,19-/m0/s1. The van der Waals surface area contributed by atoms with E-state index in [0.717, 1.165) is 25.7 Å². The smallest absolute Gasteiger partial charge is 0.303 e. The van der Waals surface area contributed by atoms with Crippen molar-refractivity contribution >= 4 is 5.97 Å². The van der Waals surface area contributed by atoms with Crippen molar-refractivity contribution in [3.05, 3.63) is 48.6 Å². The summed E-state index contributed by atoms with van der Waals surface area (Å²) in [6.45, 7) is 2.13. The highest BCUT2D eigenvalue weighted by molar-refractivity contribution is 5.66. The van der Waals surface area contributed by atoms with Crippen LogP contribution in [0.2, 0.25) is 0 Å². The third kappa shape index (κ3) is 15.6. The lowest BCUT2D eigenvalue weighted by Crippen LogP contribution is -2.23. The van der Waals surface area contributed by atoms with Crippen LogP contribution in [0.25, 0.3) is 0 Å². The average molecular weight is 352 g/mol. The van der Waals surface area contributed by atoms with Gasteiger partial charge in [-0.15, -0.1) is 0 Å². The second-order valence-electron chi connectivity index (χ2n) is 5.95. The summed E-state index contributed by atoms with van der Waals surface area (Å²) in [6, 6.07) is 0. The molecule has 0 fully saturated rings. The minimum absolute atomic E-state index is 0.0149. The summed E-state index contributed by atoms with van der Waals surface area (Å²) in [7, 11) is 0. The Hall–Kier alpha value is -1.69. The van der Waals surface area contributed by atoms with Crippen LogP contribution in [0.5, 0.6) is 0 Å². The molecule has 0 aliphatic heterocycles. The van der Waals surface area contributed by atoms with Gasteiger partial charge in [0.2, 0.25) is 0 Å². The summed E-state index contributed by atoms with van der Waals surface area (Å²) in [4.78, 5) is 10.4. The van der Waals surface area contributed by atoms with Crippen LogP contribution in [0.15, 0.2) is 48.6 Å². The molecule has 0 spiro atoms. The fourth-order valence-corrected chi connectivity index (χ4v) is 2.09. The van der Waals surface area contributed by atoms with E-state index >= 15 is 0 Å². The van der Waals surface area contributed by atoms with Crippen LogP contribution in [-0.2, 0) is 4.79 Å². The SMILES string of the molecule is CCCCC[C@H](O)/C=C/C=C\C=CC=C[C@H](O)[C@@H](O)CCCC(=O)O. The maximum Gasteiger partial charge on any atom is 0.303 e. The monoisotopic (exact) mass is 352 g/mol. The van der Waals surface area contributed by atoms with Crippen LogP contribution in [0.1, 0.15) is 51.9 Å². The topological polar surface area (TPSA) is 98.0 Å². The normalized spacial score (nSPS) is 16.3. The number of aliphatic hydroxyl groups excluding tert-OH is 3. The molecule has 5 nitrogen and oxygen atoms in total. The first kappa shape index (κ1) is 23.3. The van der Waals surface area contributed by atoms with Gasteiger partial charge in [0.05, 0.1) is 18.3 Å². The molecule has 0 unspecified atom stereocenters. The third-order valence-corrected chi connectivity index (χ3v) is 3.59. The van der Waals surface area contributed by atoms with Gasteiger partial charge in [0, 0.05) is 6.42 Å². The van der Waals surface area contributed by atoms with Crippen LogP contribution in [-0.4, -0.2) is 44.7 Å². The number of carboxylic acids is 1. The average Bonchev–Trinajstić information content (AvgIpc) is 2.56. The summed E-state index contributed by atoms with van der Waals surface area (Å²) >= 11 is 0. The highest BCUT2D eigenvalue weighted by Gasteiger charge is 2.12. The number of hydrogen-bond donors (Lipinski definition) is 4. The molecule has 142 valence electrons. The Morgan fingerprint density at radius 3 is 2.04 bits per heavy atom. The summed E-state index contributed by atoms with van der Waals surface area (Å²) in [5.41, 5.74) is 0. The molecular weight excluding hydrogens is 320 g/mol. The number of carboxylic acid groups (broad SMARTS) is 1. The van der Waals surface area contributed by atoms with Crippen LogP contribution in [0, 0.1) is 0 Å². The highest BCUT2D eigenvalue weighted by atomic mass is 16.4. The first-order chi connectivity index (χ1) is 12.0. The minimum Gasteiger partial charge on any atom is -0.481 e. The van der Waals surface area contributed by atoms with Gasteiger partial charge in [-0.25, -0.2) is 0 Å². The van der Waals surface area contributed by atoms with E-state index in [2.05, 4.69) is 6.92 Å². The lowest BCUT2D eigenvalue weighted by Gasteiger charge is -2.13. The number of allylic oxidation sites excluding steroid dienone is 6. The minimum atomic E-state index is -1.01. The molecule has 3 atom stereocenters. The molecule has 0 aromatic carbocycles. The summed E-state index contributed by atoms with van der Waals surface area (Å²) in [5.74, 6) is -0.908. The maximum absolute atomic E-state index is 10.4. The van der Waals surface area contributed by atoms with Gasteiger partial charge in [-0.2, -0.15) is 0 Å². The largest absolute Gasteiger partial charge is 0.481 e. The van der Waals surface area contributed by atoms with Gasteiger partial charge in [-0.1, -0.05) is 74.8 Å². The number of unbranched alkanes of at least 4 members (excludes halogenated alkanes) is 2. The quantitative estimate of drug-likeness (QED) is 0.284.